The summed E-state index contributed by atoms with van der Waals surface area (Å²) in [6.07, 6.45) is 1.04. The van der Waals surface area contributed by atoms with E-state index < -0.39 is 0 Å². The molecule has 1 atom stereocenters. The average Bonchev–Trinajstić information content (AvgIpc) is 2.93. The monoisotopic (exact) mass is 249 g/mol. The van der Waals surface area contributed by atoms with Crippen LogP contribution in [0, 0.1) is 19.8 Å². The summed E-state index contributed by atoms with van der Waals surface area (Å²) >= 11 is 0. The Hall–Kier alpha value is -1.29. The van der Waals surface area contributed by atoms with Gasteiger partial charge in [0.05, 0.1) is 5.56 Å². The van der Waals surface area contributed by atoms with Gasteiger partial charge in [-0.2, -0.15) is 0 Å². The predicted octanol–water partition coefficient (Wildman–Crippen LogP) is 1.55. The van der Waals surface area contributed by atoms with Gasteiger partial charge in [0.15, 0.2) is 0 Å². The third-order valence-corrected chi connectivity index (χ3v) is 4.03. The van der Waals surface area contributed by atoms with Crippen molar-refractivity contribution >= 4 is 5.91 Å². The number of carbonyl (C=O) groups excluding carboxylic acids is 1. The van der Waals surface area contributed by atoms with Gasteiger partial charge in [0.1, 0.15) is 0 Å². The van der Waals surface area contributed by atoms with Gasteiger partial charge in [-0.25, -0.2) is 0 Å². The molecule has 1 aromatic rings. The van der Waals surface area contributed by atoms with E-state index in [0.29, 0.717) is 12.5 Å². The second-order valence-corrected chi connectivity index (χ2v) is 5.17. The highest BCUT2D eigenvalue weighted by molar-refractivity contribution is 5.95. The summed E-state index contributed by atoms with van der Waals surface area (Å²) in [5.74, 6) is 0.641. The number of aryl methyl sites for hydroxylation is 1. The minimum atomic E-state index is 0.166. The number of likely N-dealkylation sites (tertiary alicyclic amines) is 1. The van der Waals surface area contributed by atoms with Gasteiger partial charge in [-0.15, -0.1) is 0 Å². The van der Waals surface area contributed by atoms with Gasteiger partial charge >= 0.3 is 0 Å². The largest absolute Gasteiger partial charge is 0.349 e. The van der Waals surface area contributed by atoms with Crippen molar-refractivity contribution in [1.82, 2.24) is 9.47 Å². The number of rotatable bonds is 3. The van der Waals surface area contributed by atoms with Crippen LogP contribution in [-0.4, -0.2) is 35.0 Å². The van der Waals surface area contributed by atoms with Crippen LogP contribution in [0.4, 0.5) is 0 Å². The first kappa shape index (κ1) is 13.1. The van der Waals surface area contributed by atoms with Crippen LogP contribution < -0.4 is 5.73 Å². The topological polar surface area (TPSA) is 51.3 Å². The molecule has 0 radical (unpaired) electrons. The van der Waals surface area contributed by atoms with E-state index in [1.165, 1.54) is 0 Å². The molecule has 2 N–H and O–H groups in total. The SMILES string of the molecule is CCn1c(C)cc(C(=O)N2CCC(CN)C2)c1C. The Balaban J connectivity index is 2.19. The van der Waals surface area contributed by atoms with Gasteiger partial charge in [-0.05, 0) is 45.7 Å². The molecule has 0 saturated carbocycles. The maximum Gasteiger partial charge on any atom is 0.255 e. The summed E-state index contributed by atoms with van der Waals surface area (Å²) in [7, 11) is 0. The van der Waals surface area contributed by atoms with E-state index in [1.807, 2.05) is 17.9 Å². The van der Waals surface area contributed by atoms with Crippen molar-refractivity contribution < 1.29 is 4.79 Å². The van der Waals surface area contributed by atoms with Gasteiger partial charge in [0.2, 0.25) is 0 Å². The fraction of sp³-hybridized carbons (Fsp3) is 0.643. The van der Waals surface area contributed by atoms with Crippen LogP contribution in [0.15, 0.2) is 6.07 Å². The Labute approximate surface area is 109 Å². The first-order chi connectivity index (χ1) is 8.58. The third kappa shape index (κ3) is 2.17. The number of hydrogen-bond donors (Lipinski definition) is 1. The Morgan fingerprint density at radius 1 is 1.50 bits per heavy atom. The summed E-state index contributed by atoms with van der Waals surface area (Å²) < 4.78 is 2.18. The summed E-state index contributed by atoms with van der Waals surface area (Å²) in [5, 5.41) is 0. The zero-order chi connectivity index (χ0) is 13.3. The lowest BCUT2D eigenvalue weighted by Crippen LogP contribution is -2.30. The van der Waals surface area contributed by atoms with Gasteiger partial charge in [0, 0.05) is 31.0 Å². The molecule has 0 bridgehead atoms. The predicted molar refractivity (Wildman–Crippen MR) is 72.6 cm³/mol. The molecule has 0 aliphatic carbocycles. The Bertz CT molecular complexity index is 450. The van der Waals surface area contributed by atoms with Crippen LogP contribution in [-0.2, 0) is 6.54 Å². The number of nitrogens with two attached hydrogens (primary N) is 1. The zero-order valence-electron chi connectivity index (χ0n) is 11.6. The van der Waals surface area contributed by atoms with Crippen LogP contribution in [0.3, 0.4) is 0 Å². The molecular formula is C14H23N3O. The minimum absolute atomic E-state index is 0.166. The molecule has 0 aromatic carbocycles. The number of hydrogen-bond acceptors (Lipinski definition) is 2. The van der Waals surface area contributed by atoms with E-state index in [4.69, 9.17) is 5.73 Å². The first-order valence-corrected chi connectivity index (χ1v) is 6.74. The Morgan fingerprint density at radius 2 is 2.22 bits per heavy atom. The number of aromatic nitrogens is 1. The molecule has 1 unspecified atom stereocenters. The molecule has 1 fully saturated rings. The highest BCUT2D eigenvalue weighted by Gasteiger charge is 2.27. The van der Waals surface area contributed by atoms with Crippen LogP contribution >= 0.6 is 0 Å². The minimum Gasteiger partial charge on any atom is -0.349 e. The molecule has 0 spiro atoms. The molecule has 2 rings (SSSR count). The summed E-state index contributed by atoms with van der Waals surface area (Å²) in [6, 6.07) is 2.01. The van der Waals surface area contributed by atoms with Gasteiger partial charge in [0.25, 0.3) is 5.91 Å². The second-order valence-electron chi connectivity index (χ2n) is 5.17. The van der Waals surface area contributed by atoms with Crippen molar-refractivity contribution in [3.05, 3.63) is 23.0 Å². The van der Waals surface area contributed by atoms with E-state index in [2.05, 4.69) is 18.4 Å². The Kier molecular flexibility index (Phi) is 3.76. The molecule has 1 aliphatic rings. The molecular weight excluding hydrogens is 226 g/mol. The van der Waals surface area contributed by atoms with Crippen LogP contribution in [0.2, 0.25) is 0 Å². The normalized spacial score (nSPS) is 19.6. The van der Waals surface area contributed by atoms with E-state index >= 15 is 0 Å². The van der Waals surface area contributed by atoms with Crippen LogP contribution in [0.25, 0.3) is 0 Å². The molecule has 1 amide bonds. The van der Waals surface area contributed by atoms with E-state index in [0.717, 1.165) is 43.0 Å². The first-order valence-electron chi connectivity index (χ1n) is 6.74. The molecule has 1 saturated heterocycles. The average molecular weight is 249 g/mol. The fourth-order valence-electron chi connectivity index (χ4n) is 2.88. The lowest BCUT2D eigenvalue weighted by Gasteiger charge is -2.16. The highest BCUT2D eigenvalue weighted by Crippen LogP contribution is 2.21. The molecule has 18 heavy (non-hydrogen) atoms. The van der Waals surface area contributed by atoms with E-state index in [9.17, 15) is 4.79 Å². The molecule has 2 heterocycles. The molecule has 1 aromatic heterocycles. The van der Waals surface area contributed by atoms with Crippen molar-refractivity contribution in [1.29, 1.82) is 0 Å². The second kappa shape index (κ2) is 5.14. The van der Waals surface area contributed by atoms with E-state index in [1.54, 1.807) is 0 Å². The van der Waals surface area contributed by atoms with Gasteiger partial charge in [-0.1, -0.05) is 0 Å². The Morgan fingerprint density at radius 3 is 2.72 bits per heavy atom. The third-order valence-electron chi connectivity index (χ3n) is 4.03. The van der Waals surface area contributed by atoms with Crippen molar-refractivity contribution in [2.24, 2.45) is 11.7 Å². The van der Waals surface area contributed by atoms with Crippen LogP contribution in [0.5, 0.6) is 0 Å². The highest BCUT2D eigenvalue weighted by atomic mass is 16.2. The standard InChI is InChI=1S/C14H23N3O/c1-4-17-10(2)7-13(11(17)3)14(18)16-6-5-12(8-15)9-16/h7,12H,4-6,8-9,15H2,1-3H3. The smallest absolute Gasteiger partial charge is 0.255 e. The van der Waals surface area contributed by atoms with Crippen molar-refractivity contribution in [2.75, 3.05) is 19.6 Å². The number of nitrogens with zero attached hydrogens (tertiary/aromatic N) is 2. The van der Waals surface area contributed by atoms with Crippen molar-refractivity contribution in [2.45, 2.75) is 33.7 Å². The maximum atomic E-state index is 12.5. The van der Waals surface area contributed by atoms with Crippen LogP contribution in [0.1, 0.15) is 35.1 Å². The lowest BCUT2D eigenvalue weighted by molar-refractivity contribution is 0.0787. The summed E-state index contributed by atoms with van der Waals surface area (Å²) in [4.78, 5) is 14.4. The number of carbonyl (C=O) groups is 1. The van der Waals surface area contributed by atoms with Gasteiger partial charge in [-0.3, -0.25) is 4.79 Å². The quantitative estimate of drug-likeness (QED) is 0.883. The summed E-state index contributed by atoms with van der Waals surface area (Å²) in [5.41, 5.74) is 8.77. The molecule has 4 nitrogen and oxygen atoms in total. The number of amides is 1. The zero-order valence-corrected chi connectivity index (χ0v) is 11.6. The van der Waals surface area contributed by atoms with E-state index in [-0.39, 0.29) is 5.91 Å². The van der Waals surface area contributed by atoms with Gasteiger partial charge < -0.3 is 15.2 Å². The lowest BCUT2D eigenvalue weighted by atomic mass is 10.1. The molecule has 1 aliphatic heterocycles. The maximum absolute atomic E-state index is 12.5. The summed E-state index contributed by atoms with van der Waals surface area (Å²) in [6.45, 7) is 9.44. The van der Waals surface area contributed by atoms with Crippen molar-refractivity contribution in [3.63, 3.8) is 0 Å². The molecule has 100 valence electrons. The fourth-order valence-corrected chi connectivity index (χ4v) is 2.88. The van der Waals surface area contributed by atoms with Crippen molar-refractivity contribution in [3.8, 4) is 0 Å². The molecule has 4 heteroatoms.